The monoisotopic (exact) mass is 336 g/mol. The number of phenolic OH excluding ortho intramolecular Hbond substituents is 1. The number of hydrogen-bond acceptors (Lipinski definition) is 3. The Balaban J connectivity index is 1.87. The second-order valence-electron chi connectivity index (χ2n) is 6.86. The lowest BCUT2D eigenvalue weighted by Gasteiger charge is -2.25. The molecule has 25 heavy (non-hydrogen) atoms. The molecule has 1 N–H and O–H groups in total. The van der Waals surface area contributed by atoms with Gasteiger partial charge in [0.05, 0.1) is 0 Å². The number of hydrogen-bond donors (Lipinski definition) is 1. The number of ketones is 2. The predicted octanol–water partition coefficient (Wildman–Crippen LogP) is 4.90. The zero-order valence-corrected chi connectivity index (χ0v) is 14.4. The molecule has 3 rings (SSSR count). The molecular weight excluding hydrogens is 312 g/mol. The quantitative estimate of drug-likeness (QED) is 0.624. The van der Waals surface area contributed by atoms with E-state index in [1.54, 1.807) is 12.1 Å². The molecule has 0 heterocycles. The van der Waals surface area contributed by atoms with Gasteiger partial charge in [-0.25, -0.2) is 0 Å². The Labute approximate surface area is 148 Å². The van der Waals surface area contributed by atoms with E-state index >= 15 is 0 Å². The van der Waals surface area contributed by atoms with Crippen LogP contribution in [0.1, 0.15) is 60.4 Å². The van der Waals surface area contributed by atoms with Gasteiger partial charge in [-0.05, 0) is 42.7 Å². The van der Waals surface area contributed by atoms with Crippen molar-refractivity contribution in [2.45, 2.75) is 44.4 Å². The lowest BCUT2D eigenvalue weighted by Crippen LogP contribution is -2.23. The van der Waals surface area contributed by atoms with Crippen molar-refractivity contribution in [2.75, 3.05) is 0 Å². The van der Waals surface area contributed by atoms with E-state index in [1.807, 2.05) is 30.3 Å². The molecular formula is C22H24O3. The van der Waals surface area contributed by atoms with Crippen LogP contribution < -0.4 is 0 Å². The fourth-order valence-electron chi connectivity index (χ4n) is 3.77. The summed E-state index contributed by atoms with van der Waals surface area (Å²) < 4.78 is 0. The standard InChI is InChI=1S/C22H24O3/c23-18-13-11-17(12-14-18)22(25)15-20(16-7-3-1-4-8-16)19-9-5-2-6-10-21(19)24/h1,3-4,7-8,11-14,19-20,23H,2,5-6,9-10,15H2. The van der Waals surface area contributed by atoms with Crippen molar-refractivity contribution in [1.82, 2.24) is 0 Å². The average molecular weight is 336 g/mol. The van der Waals surface area contributed by atoms with Crippen molar-refractivity contribution in [3.8, 4) is 5.75 Å². The number of carbonyl (C=O) groups excluding carboxylic acids is 2. The number of phenols is 1. The van der Waals surface area contributed by atoms with Gasteiger partial charge in [0.2, 0.25) is 0 Å². The molecule has 1 saturated carbocycles. The number of carbonyl (C=O) groups is 2. The summed E-state index contributed by atoms with van der Waals surface area (Å²) in [6.07, 6.45) is 4.92. The molecule has 0 radical (unpaired) electrons. The highest BCUT2D eigenvalue weighted by Crippen LogP contribution is 2.36. The molecule has 0 spiro atoms. The lowest BCUT2D eigenvalue weighted by atomic mass is 9.77. The lowest BCUT2D eigenvalue weighted by molar-refractivity contribution is -0.123. The van der Waals surface area contributed by atoms with Gasteiger partial charge in [-0.15, -0.1) is 0 Å². The second kappa shape index (κ2) is 8.11. The molecule has 1 fully saturated rings. The summed E-state index contributed by atoms with van der Waals surface area (Å²) in [5.74, 6) is 0.310. The molecule has 3 heteroatoms. The maximum atomic E-state index is 12.8. The molecule has 0 saturated heterocycles. The van der Waals surface area contributed by atoms with E-state index < -0.39 is 0 Å². The number of rotatable bonds is 5. The van der Waals surface area contributed by atoms with E-state index in [9.17, 15) is 14.7 Å². The van der Waals surface area contributed by atoms with Crippen LogP contribution in [0.2, 0.25) is 0 Å². The molecule has 130 valence electrons. The van der Waals surface area contributed by atoms with Crippen LogP contribution in [-0.2, 0) is 4.79 Å². The van der Waals surface area contributed by atoms with E-state index in [0.29, 0.717) is 24.2 Å². The molecule has 0 bridgehead atoms. The summed E-state index contributed by atoms with van der Waals surface area (Å²) >= 11 is 0. The first kappa shape index (κ1) is 17.4. The van der Waals surface area contributed by atoms with Crippen LogP contribution in [0.15, 0.2) is 54.6 Å². The van der Waals surface area contributed by atoms with Crippen LogP contribution >= 0.6 is 0 Å². The van der Waals surface area contributed by atoms with Crippen LogP contribution in [0.25, 0.3) is 0 Å². The first-order valence-electron chi connectivity index (χ1n) is 9.05. The average Bonchev–Trinajstić information content (AvgIpc) is 2.85. The highest BCUT2D eigenvalue weighted by molar-refractivity contribution is 5.97. The van der Waals surface area contributed by atoms with Gasteiger partial charge in [0.25, 0.3) is 0 Å². The summed E-state index contributed by atoms with van der Waals surface area (Å²) in [7, 11) is 0. The van der Waals surface area contributed by atoms with E-state index in [0.717, 1.165) is 31.2 Å². The molecule has 0 aromatic heterocycles. The zero-order valence-electron chi connectivity index (χ0n) is 14.4. The SMILES string of the molecule is O=C(CC(c1ccccc1)C1CCCCCC1=O)c1ccc(O)cc1. The molecule has 3 nitrogen and oxygen atoms in total. The van der Waals surface area contributed by atoms with Crippen molar-refractivity contribution in [3.63, 3.8) is 0 Å². The van der Waals surface area contributed by atoms with Crippen LogP contribution in [-0.4, -0.2) is 16.7 Å². The van der Waals surface area contributed by atoms with E-state index in [-0.39, 0.29) is 23.4 Å². The minimum atomic E-state index is -0.0778. The molecule has 1 aliphatic rings. The topological polar surface area (TPSA) is 54.4 Å². The Kier molecular flexibility index (Phi) is 5.64. The van der Waals surface area contributed by atoms with Crippen LogP contribution in [0.3, 0.4) is 0 Å². The van der Waals surface area contributed by atoms with Gasteiger partial charge in [0.1, 0.15) is 11.5 Å². The Hall–Kier alpha value is -2.42. The van der Waals surface area contributed by atoms with Gasteiger partial charge in [-0.1, -0.05) is 43.2 Å². The Bertz CT molecular complexity index is 719. The van der Waals surface area contributed by atoms with Gasteiger partial charge in [-0.2, -0.15) is 0 Å². The maximum Gasteiger partial charge on any atom is 0.163 e. The third kappa shape index (κ3) is 4.36. The third-order valence-electron chi connectivity index (χ3n) is 5.16. The summed E-state index contributed by atoms with van der Waals surface area (Å²) in [5, 5.41) is 9.41. The Morgan fingerprint density at radius 2 is 1.72 bits per heavy atom. The molecule has 0 amide bonds. The van der Waals surface area contributed by atoms with Crippen molar-refractivity contribution in [1.29, 1.82) is 0 Å². The number of aromatic hydroxyl groups is 1. The smallest absolute Gasteiger partial charge is 0.163 e. The van der Waals surface area contributed by atoms with Crippen LogP contribution in [0, 0.1) is 5.92 Å². The second-order valence-corrected chi connectivity index (χ2v) is 6.86. The summed E-state index contributed by atoms with van der Waals surface area (Å²) in [6, 6.07) is 16.3. The van der Waals surface area contributed by atoms with Gasteiger partial charge in [0.15, 0.2) is 5.78 Å². The van der Waals surface area contributed by atoms with Crippen molar-refractivity contribution in [2.24, 2.45) is 5.92 Å². The minimum Gasteiger partial charge on any atom is -0.508 e. The minimum absolute atomic E-state index is 0.0194. The highest BCUT2D eigenvalue weighted by Gasteiger charge is 2.31. The van der Waals surface area contributed by atoms with E-state index in [2.05, 4.69) is 0 Å². The summed E-state index contributed by atoms with van der Waals surface area (Å²) in [5.41, 5.74) is 1.65. The first-order valence-corrected chi connectivity index (χ1v) is 9.05. The maximum absolute atomic E-state index is 12.8. The molecule has 2 unspecified atom stereocenters. The van der Waals surface area contributed by atoms with Crippen molar-refractivity contribution < 1.29 is 14.7 Å². The van der Waals surface area contributed by atoms with E-state index in [4.69, 9.17) is 0 Å². The van der Waals surface area contributed by atoms with E-state index in [1.165, 1.54) is 12.1 Å². The highest BCUT2D eigenvalue weighted by atomic mass is 16.3. The molecule has 1 aliphatic carbocycles. The van der Waals surface area contributed by atoms with Crippen LogP contribution in [0.5, 0.6) is 5.75 Å². The third-order valence-corrected chi connectivity index (χ3v) is 5.16. The largest absolute Gasteiger partial charge is 0.508 e. The van der Waals surface area contributed by atoms with Gasteiger partial charge < -0.3 is 5.11 Å². The first-order chi connectivity index (χ1) is 12.1. The van der Waals surface area contributed by atoms with Crippen LogP contribution in [0.4, 0.5) is 0 Å². The number of Topliss-reactive ketones (excluding diaryl/α,β-unsaturated/α-hetero) is 2. The molecule has 0 aliphatic heterocycles. The normalized spacial score (nSPS) is 19.2. The molecule has 2 aromatic rings. The summed E-state index contributed by atoms with van der Waals surface area (Å²) in [6.45, 7) is 0. The predicted molar refractivity (Wildman–Crippen MR) is 97.8 cm³/mol. The fourth-order valence-corrected chi connectivity index (χ4v) is 3.77. The van der Waals surface area contributed by atoms with Gasteiger partial charge in [0, 0.05) is 30.2 Å². The molecule has 2 atom stereocenters. The van der Waals surface area contributed by atoms with Gasteiger partial charge >= 0.3 is 0 Å². The zero-order chi connectivity index (χ0) is 17.6. The van der Waals surface area contributed by atoms with Crippen molar-refractivity contribution in [3.05, 3.63) is 65.7 Å². The molecule has 2 aromatic carbocycles. The summed E-state index contributed by atoms with van der Waals surface area (Å²) in [4.78, 5) is 25.4. The number of benzene rings is 2. The van der Waals surface area contributed by atoms with Gasteiger partial charge in [-0.3, -0.25) is 9.59 Å². The Morgan fingerprint density at radius 3 is 2.44 bits per heavy atom. The Morgan fingerprint density at radius 1 is 1.00 bits per heavy atom. The fraction of sp³-hybridized carbons (Fsp3) is 0.364. The van der Waals surface area contributed by atoms with Crippen molar-refractivity contribution >= 4 is 11.6 Å².